The molecule has 1 saturated heterocycles. The van der Waals surface area contributed by atoms with Gasteiger partial charge in [-0.3, -0.25) is 14.5 Å². The van der Waals surface area contributed by atoms with Crippen LogP contribution >= 0.6 is 0 Å². The molecule has 4 aromatic rings. The number of methoxy groups -OCH3 is 2. The fourth-order valence-electron chi connectivity index (χ4n) is 7.52. The molecule has 0 aliphatic carbocycles. The van der Waals surface area contributed by atoms with E-state index in [0.29, 0.717) is 39.0 Å². The Labute approximate surface area is 311 Å². The van der Waals surface area contributed by atoms with Crippen molar-refractivity contribution >= 4 is 22.6 Å². The van der Waals surface area contributed by atoms with Crippen LogP contribution < -0.4 is 15.0 Å². The normalized spacial score (nSPS) is 15.4. The minimum atomic E-state index is -3.73. The zero-order valence-electron chi connectivity index (χ0n) is 31.0. The van der Waals surface area contributed by atoms with E-state index in [4.69, 9.17) is 9.47 Å². The predicted molar refractivity (Wildman–Crippen MR) is 199 cm³/mol. The van der Waals surface area contributed by atoms with E-state index in [0.717, 1.165) is 24.3 Å². The molecule has 5 rings (SSSR count). The largest absolute Gasteiger partial charge is 0.496 e. The number of rotatable bonds is 14. The molecule has 2 heterocycles. The van der Waals surface area contributed by atoms with Crippen LogP contribution in [0.15, 0.2) is 89.9 Å². The quantitative estimate of drug-likeness (QED) is 0.108. The number of amides is 1. The van der Waals surface area contributed by atoms with Crippen molar-refractivity contribution in [3.05, 3.63) is 107 Å². The molecule has 0 saturated carbocycles. The van der Waals surface area contributed by atoms with Gasteiger partial charge in [0.2, 0.25) is 5.91 Å². The Balaban J connectivity index is 1.51. The lowest BCUT2D eigenvalue weighted by Crippen LogP contribution is -2.61. The van der Waals surface area contributed by atoms with Gasteiger partial charge in [0.15, 0.2) is 0 Å². The number of pyridine rings is 1. The topological polar surface area (TPSA) is 101 Å². The average molecular weight is 752 g/mol. The van der Waals surface area contributed by atoms with Crippen molar-refractivity contribution in [2.75, 3.05) is 40.9 Å². The molecule has 0 spiro atoms. The van der Waals surface area contributed by atoms with Gasteiger partial charge in [0, 0.05) is 32.7 Å². The van der Waals surface area contributed by atoms with E-state index >= 15 is 8.78 Å². The third-order valence-corrected chi connectivity index (χ3v) is 10.3. The van der Waals surface area contributed by atoms with Gasteiger partial charge in [0.1, 0.15) is 23.0 Å². The van der Waals surface area contributed by atoms with Gasteiger partial charge in [-0.25, -0.2) is 22.4 Å². The van der Waals surface area contributed by atoms with Crippen molar-refractivity contribution in [1.82, 2.24) is 14.4 Å². The summed E-state index contributed by atoms with van der Waals surface area (Å²) in [6, 6.07) is 17.8. The van der Waals surface area contributed by atoms with Gasteiger partial charge in [-0.15, -0.1) is 0 Å². The molecule has 0 radical (unpaired) electrons. The van der Waals surface area contributed by atoms with Gasteiger partial charge >= 0.3 is 5.97 Å². The number of aliphatic carboxylic acids is 1. The molecule has 0 bridgehead atoms. The minimum Gasteiger partial charge on any atom is -0.496 e. The third kappa shape index (κ3) is 7.87. The molecule has 1 aliphatic heterocycles. The van der Waals surface area contributed by atoms with Gasteiger partial charge in [0.05, 0.1) is 32.9 Å². The first-order valence-corrected chi connectivity index (χ1v) is 17.5. The van der Waals surface area contributed by atoms with Gasteiger partial charge in [-0.2, -0.15) is 0 Å². The van der Waals surface area contributed by atoms with Gasteiger partial charge in [0.25, 0.3) is 17.4 Å². The number of likely N-dealkylation sites (N-methyl/N-ethyl adjacent to an activating group) is 1. The van der Waals surface area contributed by atoms with Crippen molar-refractivity contribution in [1.29, 1.82) is 0 Å². The second kappa shape index (κ2) is 15.7. The van der Waals surface area contributed by atoms with Crippen LogP contribution in [0, 0.1) is 5.41 Å². The maximum Gasteiger partial charge on any atom is 0.326 e. The summed E-state index contributed by atoms with van der Waals surface area (Å²) in [5.74, 6) is -8.34. The third-order valence-electron chi connectivity index (χ3n) is 10.3. The summed E-state index contributed by atoms with van der Waals surface area (Å²) < 4.78 is 72.9. The summed E-state index contributed by atoms with van der Waals surface area (Å²) in [7, 11) is 4.23. The molecule has 1 atom stereocenters. The molecule has 1 amide bonds. The first kappa shape index (κ1) is 40.0. The maximum absolute atomic E-state index is 16.0. The zero-order valence-corrected chi connectivity index (χ0v) is 31.0. The Bertz CT molecular complexity index is 2080. The molecule has 3 aromatic carbocycles. The summed E-state index contributed by atoms with van der Waals surface area (Å²) in [6.07, 6.45) is 0.546. The first-order valence-electron chi connectivity index (χ1n) is 17.5. The first-order chi connectivity index (χ1) is 25.4. The van der Waals surface area contributed by atoms with Crippen LogP contribution in [0.25, 0.3) is 21.9 Å². The number of alkyl halides is 4. The summed E-state index contributed by atoms with van der Waals surface area (Å²) in [4.78, 5) is 41.7. The Kier molecular flexibility index (Phi) is 11.6. The van der Waals surface area contributed by atoms with Crippen molar-refractivity contribution in [3.63, 3.8) is 0 Å². The minimum absolute atomic E-state index is 0.169. The van der Waals surface area contributed by atoms with Crippen molar-refractivity contribution in [2.45, 2.75) is 57.5 Å². The Morgan fingerprint density at radius 2 is 1.57 bits per heavy atom. The van der Waals surface area contributed by atoms with Crippen molar-refractivity contribution in [2.24, 2.45) is 5.41 Å². The molecule has 1 N–H and O–H groups in total. The number of carboxylic acid groups (broad SMARTS) is 1. The number of carboxylic acids is 1. The zero-order chi connectivity index (χ0) is 39.6. The fraction of sp³-hybridized carbons (Fsp3) is 0.390. The summed E-state index contributed by atoms with van der Waals surface area (Å²) in [5, 5.41) is 11.8. The number of hydrogen-bond donors (Lipinski definition) is 1. The summed E-state index contributed by atoms with van der Waals surface area (Å²) in [5.41, 5.74) is -0.502. The number of fused-ring (bicyclic) bond motifs is 1. The summed E-state index contributed by atoms with van der Waals surface area (Å²) in [6.45, 7) is 4.49. The van der Waals surface area contributed by atoms with Crippen LogP contribution in [0.1, 0.15) is 37.8 Å². The van der Waals surface area contributed by atoms with E-state index in [1.807, 2.05) is 24.3 Å². The lowest BCUT2D eigenvalue weighted by atomic mass is 9.69. The number of ether oxygens (including phenoxy) is 2. The monoisotopic (exact) mass is 751 g/mol. The molecular formula is C41H45F4N3O6. The Morgan fingerprint density at radius 3 is 2.13 bits per heavy atom. The maximum atomic E-state index is 16.0. The second-order valence-corrected chi connectivity index (χ2v) is 14.1. The SMILES string of the molecule is C=C(C)C(F)(F)C1(C(=O)N(C)[C@@H](Cc2cccc3c(-c4c(OC)cc(Cn5ccccc5=O)cc4OC)cccc23)C(=O)O)CCN(CC(C)(F)F)CC1. The highest BCUT2D eigenvalue weighted by Gasteiger charge is 2.61. The van der Waals surface area contributed by atoms with Crippen molar-refractivity contribution < 1.29 is 41.7 Å². The van der Waals surface area contributed by atoms with Crippen LogP contribution in [0.2, 0.25) is 0 Å². The number of allylic oxidation sites excluding steroid dienone is 1. The molecule has 13 heteroatoms. The van der Waals surface area contributed by atoms with Gasteiger partial charge in [-0.05, 0) is 84.1 Å². The highest BCUT2D eigenvalue weighted by molar-refractivity contribution is 6.01. The number of carbonyl (C=O) groups excluding carboxylic acids is 1. The number of piperidine rings is 1. The molecular weight excluding hydrogens is 706 g/mol. The van der Waals surface area contributed by atoms with Crippen LogP contribution in [-0.4, -0.2) is 90.1 Å². The molecule has 288 valence electrons. The van der Waals surface area contributed by atoms with E-state index in [9.17, 15) is 28.3 Å². The van der Waals surface area contributed by atoms with Gasteiger partial charge < -0.3 is 24.0 Å². The van der Waals surface area contributed by atoms with E-state index < -0.39 is 60.1 Å². The van der Waals surface area contributed by atoms with E-state index in [-0.39, 0.29) is 31.6 Å². The number of nitrogens with zero attached hydrogens (tertiary/aromatic N) is 3. The smallest absolute Gasteiger partial charge is 0.326 e. The van der Waals surface area contributed by atoms with Crippen LogP contribution in [0.3, 0.4) is 0 Å². The number of benzene rings is 3. The molecule has 1 fully saturated rings. The number of halogens is 4. The van der Waals surface area contributed by atoms with Crippen LogP contribution in [0.5, 0.6) is 11.5 Å². The molecule has 9 nitrogen and oxygen atoms in total. The number of carbonyl (C=O) groups is 2. The number of hydrogen-bond acceptors (Lipinski definition) is 6. The van der Waals surface area contributed by atoms with Crippen LogP contribution in [-0.2, 0) is 22.6 Å². The predicted octanol–water partition coefficient (Wildman–Crippen LogP) is 7.14. The molecule has 54 heavy (non-hydrogen) atoms. The average Bonchev–Trinajstić information content (AvgIpc) is 3.13. The standard InChI is InChI=1S/C41H45F4N3O6/c1-26(2)41(44,45)40(16-19-47(20-17-40)25-39(3,42)43)38(52)46(4)32(37(50)51)23-28-11-9-13-30-29(28)12-10-14-31(30)36-33(53-5)21-27(22-34(36)54-6)24-48-18-8-7-15-35(48)49/h7-15,18,21-22,32H,1,16-17,19-20,23-25H2,2-6H3,(H,50,51)/t32-/m0/s1. The van der Waals surface area contributed by atoms with E-state index in [1.54, 1.807) is 47.2 Å². The van der Waals surface area contributed by atoms with Gasteiger partial charge in [-0.1, -0.05) is 49.0 Å². The van der Waals surface area contributed by atoms with E-state index in [1.165, 1.54) is 32.2 Å². The lowest BCUT2D eigenvalue weighted by molar-refractivity contribution is -0.178. The number of aromatic nitrogens is 1. The van der Waals surface area contributed by atoms with Crippen LogP contribution in [0.4, 0.5) is 17.6 Å². The molecule has 0 unspecified atom stereocenters. The second-order valence-electron chi connectivity index (χ2n) is 14.1. The van der Waals surface area contributed by atoms with E-state index in [2.05, 4.69) is 6.58 Å². The highest BCUT2D eigenvalue weighted by Crippen LogP contribution is 2.50. The Morgan fingerprint density at radius 1 is 0.963 bits per heavy atom. The highest BCUT2D eigenvalue weighted by atomic mass is 19.3. The Hall–Kier alpha value is -5.17. The number of likely N-dealkylation sites (tertiary alicyclic amines) is 1. The molecule has 1 aromatic heterocycles. The van der Waals surface area contributed by atoms with Crippen molar-refractivity contribution in [3.8, 4) is 22.6 Å². The summed E-state index contributed by atoms with van der Waals surface area (Å²) >= 11 is 0. The lowest BCUT2D eigenvalue weighted by Gasteiger charge is -2.47. The fourth-order valence-corrected chi connectivity index (χ4v) is 7.52. The molecule has 1 aliphatic rings.